The Morgan fingerprint density at radius 2 is 1.74 bits per heavy atom. The number of rotatable bonds is 6. The Kier molecular flexibility index (Phi) is 5.27. The van der Waals surface area contributed by atoms with Gasteiger partial charge in [0.1, 0.15) is 5.69 Å². The van der Waals surface area contributed by atoms with E-state index in [0.29, 0.717) is 5.69 Å². The zero-order valence-corrected chi connectivity index (χ0v) is 14.1. The normalized spacial score (nSPS) is 11.5. The van der Waals surface area contributed by atoms with Gasteiger partial charge in [0, 0.05) is 21.3 Å². The number of para-hydroxylation sites is 1. The van der Waals surface area contributed by atoms with Crippen LogP contribution in [0, 0.1) is 17.0 Å². The smallest absolute Gasteiger partial charge is 0.306 e. The van der Waals surface area contributed by atoms with Gasteiger partial charge in [-0.2, -0.15) is 9.84 Å². The lowest BCUT2D eigenvalue weighted by molar-refractivity contribution is -0.384. The molecule has 1 aromatic heterocycles. The van der Waals surface area contributed by atoms with Gasteiger partial charge in [-0.05, 0) is 19.1 Å². The largest absolute Gasteiger partial charge is 0.361 e. The van der Waals surface area contributed by atoms with E-state index in [1.807, 2.05) is 6.07 Å². The lowest BCUT2D eigenvalue weighted by Gasteiger charge is -2.17. The maximum atomic E-state index is 11.4. The van der Waals surface area contributed by atoms with Crippen molar-refractivity contribution < 1.29 is 18.5 Å². The van der Waals surface area contributed by atoms with E-state index >= 15 is 0 Å². The molecule has 2 rings (SSSR count). The standard InChI is InChI=1S/C13H17N4O5P/c1-10-12(17(18)19)13(15-23(20-2,21-3)22-4)16(14-10)11-8-6-5-7-9-11/h5-9H,1-4H3. The van der Waals surface area contributed by atoms with E-state index < -0.39 is 12.7 Å². The molecule has 10 heteroatoms. The Hall–Kier alpha value is -2.06. The highest BCUT2D eigenvalue weighted by atomic mass is 31.2. The summed E-state index contributed by atoms with van der Waals surface area (Å²) in [7, 11) is 1.00. The summed E-state index contributed by atoms with van der Waals surface area (Å²) >= 11 is 0. The van der Waals surface area contributed by atoms with Crippen molar-refractivity contribution in [3.8, 4) is 5.69 Å². The van der Waals surface area contributed by atoms with E-state index in [1.54, 1.807) is 31.2 Å². The van der Waals surface area contributed by atoms with Gasteiger partial charge >= 0.3 is 13.4 Å². The first-order valence-electron chi connectivity index (χ1n) is 6.57. The van der Waals surface area contributed by atoms with Crippen LogP contribution in [0.3, 0.4) is 0 Å². The van der Waals surface area contributed by atoms with Gasteiger partial charge in [-0.25, -0.2) is 4.68 Å². The molecule has 0 fully saturated rings. The first-order valence-corrected chi connectivity index (χ1v) is 8.06. The Morgan fingerprint density at radius 1 is 1.17 bits per heavy atom. The van der Waals surface area contributed by atoms with E-state index in [0.717, 1.165) is 0 Å². The molecule has 0 saturated carbocycles. The number of nitro groups is 1. The topological polar surface area (TPSA) is 101 Å². The maximum Gasteiger partial charge on any atom is 0.361 e. The van der Waals surface area contributed by atoms with Crippen molar-refractivity contribution in [3.05, 3.63) is 46.1 Å². The van der Waals surface area contributed by atoms with Crippen LogP contribution in [-0.4, -0.2) is 36.0 Å². The van der Waals surface area contributed by atoms with Crippen LogP contribution in [0.15, 0.2) is 35.1 Å². The van der Waals surface area contributed by atoms with Crippen LogP contribution in [0.25, 0.3) is 5.69 Å². The monoisotopic (exact) mass is 340 g/mol. The molecule has 0 radical (unpaired) electrons. The number of benzene rings is 1. The van der Waals surface area contributed by atoms with Gasteiger partial charge in [-0.3, -0.25) is 10.1 Å². The summed E-state index contributed by atoms with van der Waals surface area (Å²) in [4.78, 5) is 10.9. The van der Waals surface area contributed by atoms with Crippen LogP contribution in [0.4, 0.5) is 11.5 Å². The van der Waals surface area contributed by atoms with Gasteiger partial charge in [0.2, 0.25) is 5.82 Å². The zero-order chi connectivity index (χ0) is 17.0. The van der Waals surface area contributed by atoms with Gasteiger partial charge in [-0.1, -0.05) is 18.2 Å². The molecular formula is C13H17N4O5P. The average molecular weight is 340 g/mol. The highest BCUT2D eigenvalue weighted by Crippen LogP contribution is 2.55. The summed E-state index contributed by atoms with van der Waals surface area (Å²) in [5.41, 5.74) is 0.646. The van der Waals surface area contributed by atoms with Crippen LogP contribution >= 0.6 is 7.74 Å². The lowest BCUT2D eigenvalue weighted by Crippen LogP contribution is -1.98. The van der Waals surface area contributed by atoms with E-state index in [9.17, 15) is 10.1 Å². The van der Waals surface area contributed by atoms with Crippen molar-refractivity contribution in [2.24, 2.45) is 4.74 Å². The second kappa shape index (κ2) is 7.01. The number of nitrogens with zero attached hydrogens (tertiary/aromatic N) is 4. The highest BCUT2D eigenvalue weighted by molar-refractivity contribution is 7.51. The van der Waals surface area contributed by atoms with Crippen LogP contribution in [-0.2, 0) is 13.6 Å². The van der Waals surface area contributed by atoms with Crippen molar-refractivity contribution >= 4 is 19.2 Å². The molecule has 1 aromatic carbocycles. The fraction of sp³-hybridized carbons (Fsp3) is 0.308. The first-order chi connectivity index (χ1) is 11.0. The van der Waals surface area contributed by atoms with Crippen molar-refractivity contribution in [2.45, 2.75) is 6.92 Å². The van der Waals surface area contributed by atoms with Crippen LogP contribution in [0.2, 0.25) is 0 Å². The molecule has 9 nitrogen and oxygen atoms in total. The average Bonchev–Trinajstić information content (AvgIpc) is 2.89. The van der Waals surface area contributed by atoms with Gasteiger partial charge < -0.3 is 13.6 Å². The molecule has 0 atom stereocenters. The number of hydrogen-bond donors (Lipinski definition) is 0. The molecule has 0 aliphatic heterocycles. The fourth-order valence-electron chi connectivity index (χ4n) is 2.02. The molecule has 0 saturated heterocycles. The molecule has 2 aromatic rings. The minimum atomic E-state index is -3.10. The van der Waals surface area contributed by atoms with E-state index in [4.69, 9.17) is 13.6 Å². The molecule has 124 valence electrons. The Morgan fingerprint density at radius 3 is 2.22 bits per heavy atom. The molecular weight excluding hydrogens is 323 g/mol. The van der Waals surface area contributed by atoms with Crippen molar-refractivity contribution in [1.82, 2.24) is 9.78 Å². The number of aryl methyl sites for hydroxylation is 1. The second-order valence-corrected chi connectivity index (χ2v) is 6.61. The van der Waals surface area contributed by atoms with E-state index in [2.05, 4.69) is 9.84 Å². The molecule has 0 spiro atoms. The quantitative estimate of drug-likeness (QED) is 0.452. The maximum absolute atomic E-state index is 11.4. The molecule has 0 aliphatic rings. The number of hydrogen-bond acceptors (Lipinski definition) is 7. The van der Waals surface area contributed by atoms with Gasteiger partial charge in [-0.15, -0.1) is 0 Å². The summed E-state index contributed by atoms with van der Waals surface area (Å²) in [5.74, 6) is 0.0117. The molecule has 0 unspecified atom stereocenters. The van der Waals surface area contributed by atoms with Crippen molar-refractivity contribution in [3.63, 3.8) is 0 Å². The fourth-order valence-corrected chi connectivity index (χ4v) is 3.13. The van der Waals surface area contributed by atoms with Gasteiger partial charge in [0.15, 0.2) is 0 Å². The molecule has 0 N–H and O–H groups in total. The summed E-state index contributed by atoms with van der Waals surface area (Å²) < 4.78 is 21.3. The third-order valence-corrected chi connectivity index (χ3v) is 4.92. The molecule has 0 bridgehead atoms. The summed E-state index contributed by atoms with van der Waals surface area (Å²) in [5, 5.41) is 15.6. The number of aromatic nitrogens is 2. The molecule has 23 heavy (non-hydrogen) atoms. The predicted molar refractivity (Wildman–Crippen MR) is 85.0 cm³/mol. The minimum absolute atomic E-state index is 0.0117. The SMILES string of the molecule is COP(=Nc1c([N+](=O)[O-])c(C)nn1-c1ccccc1)(OC)OC. The highest BCUT2D eigenvalue weighted by Gasteiger charge is 2.30. The van der Waals surface area contributed by atoms with Gasteiger partial charge in [0.05, 0.1) is 10.6 Å². The molecule has 0 amide bonds. The Balaban J connectivity index is 2.79. The van der Waals surface area contributed by atoms with Crippen molar-refractivity contribution in [2.75, 3.05) is 21.3 Å². The predicted octanol–water partition coefficient (Wildman–Crippen LogP) is 3.61. The van der Waals surface area contributed by atoms with Crippen molar-refractivity contribution in [1.29, 1.82) is 0 Å². The van der Waals surface area contributed by atoms with Crippen LogP contribution in [0.5, 0.6) is 0 Å². The van der Waals surface area contributed by atoms with Crippen LogP contribution in [0.1, 0.15) is 5.69 Å². The second-order valence-electron chi connectivity index (χ2n) is 4.38. The summed E-state index contributed by atoms with van der Waals surface area (Å²) in [6.45, 7) is 1.54. The van der Waals surface area contributed by atoms with Gasteiger partial charge in [0.25, 0.3) is 0 Å². The first kappa shape index (κ1) is 17.3. The minimum Gasteiger partial charge on any atom is -0.306 e. The third-order valence-electron chi connectivity index (χ3n) is 3.10. The third kappa shape index (κ3) is 3.32. The zero-order valence-electron chi connectivity index (χ0n) is 13.2. The Labute approximate surface area is 133 Å². The summed E-state index contributed by atoms with van der Waals surface area (Å²) in [6.07, 6.45) is 0. The lowest BCUT2D eigenvalue weighted by atomic mass is 10.3. The van der Waals surface area contributed by atoms with Crippen LogP contribution < -0.4 is 0 Å². The molecule has 1 heterocycles. The molecule has 0 aliphatic carbocycles. The van der Waals surface area contributed by atoms with E-state index in [1.165, 1.54) is 26.0 Å². The summed E-state index contributed by atoms with van der Waals surface area (Å²) in [6, 6.07) is 8.96. The van der Waals surface area contributed by atoms with E-state index in [-0.39, 0.29) is 17.2 Å². The Bertz CT molecular complexity index is 740.